The maximum Gasteiger partial charge on any atom is 0.151 e. The zero-order valence-corrected chi connectivity index (χ0v) is 20.7. The summed E-state index contributed by atoms with van der Waals surface area (Å²) in [6, 6.07) is 6.74. The minimum atomic E-state index is -0.555. The standard InChI is InChI=1S/C24H31FN6O.ClH/c1-23(2)11-17(12-24(3,4)29-23)31(6)21-8-7-19(27-28-21)22-18(25)9-15(10-20(22)32)16-13-26-30(5)14-16;/h7-10,13-14,17,29,32H,11-12H2,1-6H3;1H. The maximum atomic E-state index is 14.9. The Labute approximate surface area is 200 Å². The van der Waals surface area contributed by atoms with Crippen molar-refractivity contribution in [3.8, 4) is 28.1 Å². The number of nitrogens with one attached hydrogen (secondary N) is 1. The third kappa shape index (κ3) is 5.28. The molecule has 0 unspecified atom stereocenters. The number of phenols is 1. The van der Waals surface area contributed by atoms with Crippen LogP contribution < -0.4 is 10.2 Å². The molecule has 1 aliphatic heterocycles. The summed E-state index contributed by atoms with van der Waals surface area (Å²) >= 11 is 0. The first-order valence-electron chi connectivity index (χ1n) is 10.8. The number of nitrogens with zero attached hydrogens (tertiary/aromatic N) is 5. The van der Waals surface area contributed by atoms with Crippen molar-refractivity contribution in [3.63, 3.8) is 0 Å². The normalized spacial score (nSPS) is 17.4. The van der Waals surface area contributed by atoms with Gasteiger partial charge in [-0.3, -0.25) is 4.68 Å². The smallest absolute Gasteiger partial charge is 0.151 e. The number of hydrogen-bond acceptors (Lipinski definition) is 6. The van der Waals surface area contributed by atoms with Crippen LogP contribution >= 0.6 is 12.4 Å². The number of piperidine rings is 1. The molecule has 9 heteroatoms. The van der Waals surface area contributed by atoms with Gasteiger partial charge in [-0.2, -0.15) is 5.10 Å². The van der Waals surface area contributed by atoms with Gasteiger partial charge in [-0.05, 0) is 70.4 Å². The van der Waals surface area contributed by atoms with Crippen LogP contribution in [-0.4, -0.2) is 49.3 Å². The van der Waals surface area contributed by atoms with E-state index in [0.717, 1.165) is 24.2 Å². The molecule has 178 valence electrons. The molecule has 2 aromatic heterocycles. The molecule has 0 amide bonds. The molecule has 2 N–H and O–H groups in total. The summed E-state index contributed by atoms with van der Waals surface area (Å²) in [4.78, 5) is 2.14. The number of rotatable bonds is 4. The van der Waals surface area contributed by atoms with Gasteiger partial charge in [0.05, 0.1) is 17.5 Å². The van der Waals surface area contributed by atoms with Crippen molar-refractivity contribution in [2.45, 2.75) is 57.7 Å². The van der Waals surface area contributed by atoms with E-state index in [0.29, 0.717) is 17.3 Å². The second-order valence-electron chi connectivity index (χ2n) is 10.1. The average Bonchev–Trinajstić information content (AvgIpc) is 3.11. The number of aryl methyl sites for hydroxylation is 1. The van der Waals surface area contributed by atoms with Gasteiger partial charge in [0.25, 0.3) is 0 Å². The second-order valence-corrected chi connectivity index (χ2v) is 10.1. The first-order valence-corrected chi connectivity index (χ1v) is 10.8. The van der Waals surface area contributed by atoms with Gasteiger partial charge in [0.1, 0.15) is 11.6 Å². The van der Waals surface area contributed by atoms with Crippen molar-refractivity contribution in [2.24, 2.45) is 7.05 Å². The molecule has 1 aliphatic rings. The number of aromatic hydroxyl groups is 1. The van der Waals surface area contributed by atoms with E-state index in [1.54, 1.807) is 30.2 Å². The van der Waals surface area contributed by atoms with Gasteiger partial charge in [0.15, 0.2) is 5.82 Å². The number of phenolic OH excluding ortho intramolecular Hbond substituents is 1. The predicted molar refractivity (Wildman–Crippen MR) is 131 cm³/mol. The van der Waals surface area contributed by atoms with Gasteiger partial charge < -0.3 is 15.3 Å². The molecule has 0 saturated carbocycles. The van der Waals surface area contributed by atoms with E-state index in [9.17, 15) is 9.50 Å². The fraction of sp³-hybridized carbons (Fsp3) is 0.458. The highest BCUT2D eigenvalue weighted by Crippen LogP contribution is 2.36. The molecule has 0 bridgehead atoms. The lowest BCUT2D eigenvalue weighted by atomic mass is 9.79. The van der Waals surface area contributed by atoms with Crippen molar-refractivity contribution in [3.05, 3.63) is 42.5 Å². The number of aromatic nitrogens is 4. The number of anilines is 1. The molecule has 1 aromatic carbocycles. The lowest BCUT2D eigenvalue weighted by molar-refractivity contribution is 0.160. The van der Waals surface area contributed by atoms with Crippen molar-refractivity contribution in [1.29, 1.82) is 0 Å². The fourth-order valence-electron chi connectivity index (χ4n) is 4.96. The van der Waals surface area contributed by atoms with Crippen molar-refractivity contribution >= 4 is 18.2 Å². The quantitative estimate of drug-likeness (QED) is 0.577. The zero-order valence-electron chi connectivity index (χ0n) is 19.9. The Morgan fingerprint density at radius 3 is 2.27 bits per heavy atom. The maximum absolute atomic E-state index is 14.9. The average molecular weight is 475 g/mol. The molecule has 4 rings (SSSR count). The van der Waals surface area contributed by atoms with Crippen LogP contribution in [0.25, 0.3) is 22.4 Å². The van der Waals surface area contributed by atoms with Crippen LogP contribution in [0.5, 0.6) is 5.75 Å². The second kappa shape index (κ2) is 8.91. The van der Waals surface area contributed by atoms with Gasteiger partial charge in [0, 0.05) is 43.0 Å². The van der Waals surface area contributed by atoms with Crippen LogP contribution in [0.1, 0.15) is 40.5 Å². The van der Waals surface area contributed by atoms with Crippen molar-refractivity contribution in [1.82, 2.24) is 25.3 Å². The highest BCUT2D eigenvalue weighted by atomic mass is 35.5. The Bertz CT molecular complexity index is 1090. The van der Waals surface area contributed by atoms with Crippen LogP contribution in [0, 0.1) is 5.82 Å². The van der Waals surface area contributed by atoms with Gasteiger partial charge in [-0.15, -0.1) is 22.6 Å². The predicted octanol–water partition coefficient (Wildman–Crippen LogP) is 4.56. The van der Waals surface area contributed by atoms with Crippen LogP contribution in [0.3, 0.4) is 0 Å². The number of hydrogen-bond donors (Lipinski definition) is 2. The monoisotopic (exact) mass is 474 g/mol. The summed E-state index contributed by atoms with van der Waals surface area (Å²) in [5.74, 6) is -0.0126. The Balaban J connectivity index is 0.00000306. The van der Waals surface area contributed by atoms with Crippen LogP contribution in [0.4, 0.5) is 10.2 Å². The summed E-state index contributed by atoms with van der Waals surface area (Å²) in [5.41, 5.74) is 1.64. The summed E-state index contributed by atoms with van der Waals surface area (Å²) < 4.78 is 16.6. The summed E-state index contributed by atoms with van der Waals surface area (Å²) in [5, 5.41) is 26.9. The van der Waals surface area contributed by atoms with Gasteiger partial charge >= 0.3 is 0 Å². The molecule has 1 fully saturated rings. The molecule has 0 atom stereocenters. The Hall–Kier alpha value is -2.71. The molecule has 0 spiro atoms. The lowest BCUT2D eigenvalue weighted by Crippen LogP contribution is -2.62. The van der Waals surface area contributed by atoms with Gasteiger partial charge in [-0.1, -0.05) is 0 Å². The molecular formula is C24H32ClFN6O. The SMILES string of the molecule is CN(c1ccc(-c2c(O)cc(-c3cnn(C)c3)cc2F)nn1)C1CC(C)(C)NC(C)(C)C1.Cl. The van der Waals surface area contributed by atoms with Crippen LogP contribution in [0.2, 0.25) is 0 Å². The first-order chi connectivity index (χ1) is 14.9. The van der Waals surface area contributed by atoms with E-state index in [-0.39, 0.29) is 34.8 Å². The van der Waals surface area contributed by atoms with E-state index in [1.165, 1.54) is 12.1 Å². The topological polar surface area (TPSA) is 79.1 Å². The molecule has 1 saturated heterocycles. The number of halogens is 2. The highest BCUT2D eigenvalue weighted by Gasteiger charge is 2.39. The van der Waals surface area contributed by atoms with E-state index < -0.39 is 5.82 Å². The Morgan fingerprint density at radius 1 is 1.09 bits per heavy atom. The summed E-state index contributed by atoms with van der Waals surface area (Å²) in [6.07, 6.45) is 5.34. The molecule has 33 heavy (non-hydrogen) atoms. The molecule has 3 heterocycles. The van der Waals surface area contributed by atoms with E-state index in [2.05, 4.69) is 53.2 Å². The third-order valence-corrected chi connectivity index (χ3v) is 6.09. The highest BCUT2D eigenvalue weighted by molar-refractivity contribution is 5.85. The largest absolute Gasteiger partial charge is 0.507 e. The number of benzene rings is 1. The first kappa shape index (κ1) is 24.9. The Morgan fingerprint density at radius 2 is 1.76 bits per heavy atom. The molecule has 0 aliphatic carbocycles. The minimum Gasteiger partial charge on any atom is -0.507 e. The lowest BCUT2D eigenvalue weighted by Gasteiger charge is -2.49. The molecule has 7 nitrogen and oxygen atoms in total. The summed E-state index contributed by atoms with van der Waals surface area (Å²) in [7, 11) is 3.81. The molecule has 0 radical (unpaired) electrons. The van der Waals surface area contributed by atoms with Gasteiger partial charge in [0.2, 0.25) is 0 Å². The van der Waals surface area contributed by atoms with Crippen LogP contribution in [-0.2, 0) is 7.05 Å². The van der Waals surface area contributed by atoms with Crippen LogP contribution in [0.15, 0.2) is 36.7 Å². The van der Waals surface area contributed by atoms with Crippen molar-refractivity contribution in [2.75, 3.05) is 11.9 Å². The van der Waals surface area contributed by atoms with E-state index in [4.69, 9.17) is 0 Å². The van der Waals surface area contributed by atoms with E-state index >= 15 is 0 Å². The Kier molecular flexibility index (Phi) is 6.73. The molecular weight excluding hydrogens is 443 g/mol. The zero-order chi connectivity index (χ0) is 23.3. The summed E-state index contributed by atoms with van der Waals surface area (Å²) in [6.45, 7) is 8.85. The molecule has 3 aromatic rings. The third-order valence-electron chi connectivity index (χ3n) is 6.09. The minimum absolute atomic E-state index is 0. The fourth-order valence-corrected chi connectivity index (χ4v) is 4.96. The van der Waals surface area contributed by atoms with Crippen molar-refractivity contribution < 1.29 is 9.50 Å². The van der Waals surface area contributed by atoms with Gasteiger partial charge in [-0.25, -0.2) is 4.39 Å². The van der Waals surface area contributed by atoms with E-state index in [1.807, 2.05) is 13.1 Å².